The molecule has 1 N–H and O–H groups in total. The summed E-state index contributed by atoms with van der Waals surface area (Å²) in [7, 11) is 0. The Kier molecular flexibility index (Phi) is 6.57. The number of nitrogens with zero attached hydrogens (tertiary/aromatic N) is 3. The van der Waals surface area contributed by atoms with Crippen molar-refractivity contribution in [3.8, 4) is 0 Å². The molecular formula is C24H26N4OS. The van der Waals surface area contributed by atoms with Gasteiger partial charge < -0.3 is 10.2 Å². The molecule has 0 bridgehead atoms. The molecule has 6 heteroatoms. The summed E-state index contributed by atoms with van der Waals surface area (Å²) in [6.45, 7) is 6.18. The van der Waals surface area contributed by atoms with Crippen LogP contribution in [-0.4, -0.2) is 53.4 Å². The van der Waals surface area contributed by atoms with E-state index >= 15 is 0 Å². The summed E-state index contributed by atoms with van der Waals surface area (Å²) in [4.78, 5) is 21.6. The van der Waals surface area contributed by atoms with Gasteiger partial charge in [-0.2, -0.15) is 0 Å². The summed E-state index contributed by atoms with van der Waals surface area (Å²) in [6, 6.07) is 18.4. The van der Waals surface area contributed by atoms with Crippen molar-refractivity contribution in [1.82, 2.24) is 14.8 Å². The van der Waals surface area contributed by atoms with Crippen LogP contribution in [0.15, 0.2) is 66.1 Å². The highest BCUT2D eigenvalue weighted by Gasteiger charge is 2.23. The van der Waals surface area contributed by atoms with Gasteiger partial charge in [-0.05, 0) is 30.2 Å². The molecule has 0 aliphatic carbocycles. The van der Waals surface area contributed by atoms with Gasteiger partial charge in [0, 0.05) is 43.8 Å². The number of carbonyl (C=O) groups excluding carboxylic acids is 1. The Morgan fingerprint density at radius 2 is 1.90 bits per heavy atom. The van der Waals surface area contributed by atoms with Crippen molar-refractivity contribution in [2.24, 2.45) is 0 Å². The first-order chi connectivity index (χ1) is 14.7. The number of rotatable bonds is 6. The fourth-order valence-electron chi connectivity index (χ4n) is 3.47. The minimum Gasteiger partial charge on any atom is -0.335 e. The Labute approximate surface area is 181 Å². The molecule has 0 atom stereocenters. The lowest BCUT2D eigenvalue weighted by atomic mass is 10.2. The third-order valence-electron chi connectivity index (χ3n) is 5.13. The third-order valence-corrected chi connectivity index (χ3v) is 5.88. The molecule has 0 spiro atoms. The number of hydrogen-bond donors (Lipinski definition) is 1. The Morgan fingerprint density at radius 3 is 2.67 bits per heavy atom. The number of benzene rings is 2. The van der Waals surface area contributed by atoms with E-state index in [0.717, 1.165) is 43.5 Å². The van der Waals surface area contributed by atoms with Gasteiger partial charge in [-0.25, -0.2) is 4.98 Å². The van der Waals surface area contributed by atoms with Crippen molar-refractivity contribution < 1.29 is 4.79 Å². The Morgan fingerprint density at radius 1 is 1.10 bits per heavy atom. The molecule has 1 aromatic heterocycles. The molecule has 1 aliphatic heterocycles. The minimum absolute atomic E-state index is 0.0167. The predicted molar refractivity (Wildman–Crippen MR) is 124 cm³/mol. The number of thiazole rings is 1. The molecule has 5 nitrogen and oxygen atoms in total. The van der Waals surface area contributed by atoms with Crippen LogP contribution in [0, 0.1) is 6.92 Å². The normalized spacial score (nSPS) is 14.9. The van der Waals surface area contributed by atoms with Crippen LogP contribution in [0.3, 0.4) is 0 Å². The maximum atomic E-state index is 12.8. The summed E-state index contributed by atoms with van der Waals surface area (Å²) in [6.07, 6.45) is 4.34. The number of carbonyl (C=O) groups is 1. The number of amides is 1. The van der Waals surface area contributed by atoms with Crippen LogP contribution < -0.4 is 5.32 Å². The van der Waals surface area contributed by atoms with Gasteiger partial charge in [0.25, 0.3) is 5.91 Å². The number of aromatic nitrogens is 1. The molecule has 0 radical (unpaired) electrons. The zero-order chi connectivity index (χ0) is 20.8. The van der Waals surface area contributed by atoms with Gasteiger partial charge in [0.15, 0.2) is 5.13 Å². The number of nitrogens with one attached hydrogen (secondary N) is 1. The summed E-state index contributed by atoms with van der Waals surface area (Å²) in [5, 5.41) is 5.87. The standard InChI is InChI=1S/C24H26N4OS/c1-19-7-5-11-21(17-19)25-24-26-22(18-30-24)23(29)28-15-13-27(14-16-28)12-6-10-20-8-3-2-4-9-20/h2-11,17-18H,12-16H2,1H3,(H,25,26)/b10-6+. The number of hydrogen-bond acceptors (Lipinski definition) is 5. The smallest absolute Gasteiger partial charge is 0.273 e. The fourth-order valence-corrected chi connectivity index (χ4v) is 4.18. The summed E-state index contributed by atoms with van der Waals surface area (Å²) in [5.74, 6) is 0.0167. The molecular weight excluding hydrogens is 392 g/mol. The summed E-state index contributed by atoms with van der Waals surface area (Å²) >= 11 is 1.46. The van der Waals surface area contributed by atoms with Gasteiger partial charge >= 0.3 is 0 Å². The monoisotopic (exact) mass is 418 g/mol. The molecule has 30 heavy (non-hydrogen) atoms. The minimum atomic E-state index is 0.0167. The third kappa shape index (κ3) is 5.34. The van der Waals surface area contributed by atoms with Crippen LogP contribution in [0.2, 0.25) is 0 Å². The highest BCUT2D eigenvalue weighted by atomic mass is 32.1. The number of piperazine rings is 1. The quantitative estimate of drug-likeness (QED) is 0.632. The van der Waals surface area contributed by atoms with E-state index in [1.807, 2.05) is 40.6 Å². The first-order valence-electron chi connectivity index (χ1n) is 10.2. The van der Waals surface area contributed by atoms with E-state index in [2.05, 4.69) is 58.5 Å². The van der Waals surface area contributed by atoms with Crippen molar-refractivity contribution in [2.45, 2.75) is 6.92 Å². The molecule has 1 fully saturated rings. The van der Waals surface area contributed by atoms with Crippen LogP contribution in [0.5, 0.6) is 0 Å². The number of aryl methyl sites for hydroxylation is 1. The first kappa shape index (κ1) is 20.3. The van der Waals surface area contributed by atoms with Gasteiger partial charge in [0.05, 0.1) is 0 Å². The van der Waals surface area contributed by atoms with Crippen molar-refractivity contribution >= 4 is 34.1 Å². The van der Waals surface area contributed by atoms with Crippen molar-refractivity contribution in [1.29, 1.82) is 0 Å². The first-order valence-corrected chi connectivity index (χ1v) is 11.1. The lowest BCUT2D eigenvalue weighted by Gasteiger charge is -2.33. The maximum absolute atomic E-state index is 12.8. The summed E-state index contributed by atoms with van der Waals surface area (Å²) < 4.78 is 0. The lowest BCUT2D eigenvalue weighted by molar-refractivity contribution is 0.0645. The molecule has 1 aliphatic rings. The molecule has 0 unspecified atom stereocenters. The topological polar surface area (TPSA) is 48.5 Å². The second-order valence-electron chi connectivity index (χ2n) is 7.44. The van der Waals surface area contributed by atoms with Crippen LogP contribution in [-0.2, 0) is 0 Å². The van der Waals surface area contributed by atoms with Crippen molar-refractivity contribution in [3.63, 3.8) is 0 Å². The molecule has 154 valence electrons. The van der Waals surface area contributed by atoms with E-state index in [1.165, 1.54) is 22.5 Å². The molecule has 0 saturated carbocycles. The maximum Gasteiger partial charge on any atom is 0.273 e. The van der Waals surface area contributed by atoms with Gasteiger partial charge in [-0.3, -0.25) is 9.69 Å². The fraction of sp³-hybridized carbons (Fsp3) is 0.250. The van der Waals surface area contributed by atoms with Gasteiger partial charge in [0.2, 0.25) is 0 Å². The van der Waals surface area contributed by atoms with E-state index in [1.54, 1.807) is 0 Å². The molecule has 2 aromatic carbocycles. The van der Waals surface area contributed by atoms with Crippen LogP contribution in [0.25, 0.3) is 6.08 Å². The van der Waals surface area contributed by atoms with E-state index in [9.17, 15) is 4.79 Å². The predicted octanol–water partition coefficient (Wildman–Crippen LogP) is 4.67. The van der Waals surface area contributed by atoms with Crippen molar-refractivity contribution in [3.05, 3.63) is 82.9 Å². The Hall–Kier alpha value is -2.96. The van der Waals surface area contributed by atoms with Crippen LogP contribution >= 0.6 is 11.3 Å². The highest BCUT2D eigenvalue weighted by Crippen LogP contribution is 2.22. The SMILES string of the molecule is Cc1cccc(Nc2nc(C(=O)N3CCN(C/C=C/c4ccccc4)CC3)cs2)c1. The van der Waals surface area contributed by atoms with E-state index in [4.69, 9.17) is 0 Å². The molecule has 1 saturated heterocycles. The molecule has 1 amide bonds. The van der Waals surface area contributed by atoms with Gasteiger partial charge in [-0.15, -0.1) is 11.3 Å². The Balaban J connectivity index is 1.27. The molecule has 2 heterocycles. The average Bonchev–Trinajstić information content (AvgIpc) is 3.23. The van der Waals surface area contributed by atoms with E-state index in [0.29, 0.717) is 5.69 Å². The lowest BCUT2D eigenvalue weighted by Crippen LogP contribution is -2.48. The van der Waals surface area contributed by atoms with Crippen molar-refractivity contribution in [2.75, 3.05) is 38.0 Å². The molecule has 4 rings (SSSR count). The Bertz CT molecular complexity index is 1010. The van der Waals surface area contributed by atoms with Gasteiger partial charge in [0.1, 0.15) is 5.69 Å². The number of anilines is 2. The van der Waals surface area contributed by atoms with Crippen LogP contribution in [0.1, 0.15) is 21.6 Å². The highest BCUT2D eigenvalue weighted by molar-refractivity contribution is 7.14. The zero-order valence-electron chi connectivity index (χ0n) is 17.1. The van der Waals surface area contributed by atoms with Crippen LogP contribution in [0.4, 0.5) is 10.8 Å². The summed E-state index contributed by atoms with van der Waals surface area (Å²) in [5.41, 5.74) is 3.90. The second kappa shape index (κ2) is 9.69. The largest absolute Gasteiger partial charge is 0.335 e. The van der Waals surface area contributed by atoms with Gasteiger partial charge in [-0.1, -0.05) is 54.6 Å². The zero-order valence-corrected chi connectivity index (χ0v) is 17.9. The second-order valence-corrected chi connectivity index (χ2v) is 8.30. The van der Waals surface area contributed by atoms with E-state index in [-0.39, 0.29) is 5.91 Å². The average molecular weight is 419 g/mol. The van der Waals surface area contributed by atoms with E-state index < -0.39 is 0 Å². The molecule has 3 aromatic rings.